The van der Waals surface area contributed by atoms with E-state index in [1.807, 2.05) is 30.3 Å². The van der Waals surface area contributed by atoms with Gasteiger partial charge >= 0.3 is 0 Å². The highest BCUT2D eigenvalue weighted by molar-refractivity contribution is 5.98. The number of nitrogens with one attached hydrogen (secondary N) is 3. The number of benzene rings is 1. The number of amides is 2. The average molecular weight is 535 g/mol. The molecule has 2 atom stereocenters. The Morgan fingerprint density at radius 2 is 1.95 bits per heavy atom. The Morgan fingerprint density at radius 3 is 2.69 bits per heavy atom. The Hall–Kier alpha value is -3.89. The molecule has 3 N–H and O–H groups in total. The Bertz CT molecular complexity index is 1320. The van der Waals surface area contributed by atoms with Gasteiger partial charge in [-0.3, -0.25) is 19.6 Å². The van der Waals surface area contributed by atoms with Crippen molar-refractivity contribution in [2.45, 2.75) is 39.0 Å². The van der Waals surface area contributed by atoms with Gasteiger partial charge in [-0.05, 0) is 36.5 Å². The second-order valence-corrected chi connectivity index (χ2v) is 9.71. The lowest BCUT2D eigenvalue weighted by molar-refractivity contribution is -0.117. The number of ether oxygens (including phenoxy) is 1. The maximum atomic E-state index is 14.8. The summed E-state index contributed by atoms with van der Waals surface area (Å²) in [6.07, 6.45) is 5.59. The van der Waals surface area contributed by atoms with Crippen LogP contribution >= 0.6 is 0 Å². The zero-order chi connectivity index (χ0) is 27.8. The van der Waals surface area contributed by atoms with E-state index in [0.29, 0.717) is 42.6 Å². The Morgan fingerprint density at radius 1 is 1.15 bits per heavy atom. The van der Waals surface area contributed by atoms with Crippen LogP contribution in [-0.4, -0.2) is 64.7 Å². The summed E-state index contributed by atoms with van der Waals surface area (Å²) in [5.74, 6) is -1.08. The van der Waals surface area contributed by atoms with Crippen LogP contribution in [0, 0.1) is 5.82 Å². The first-order chi connectivity index (χ1) is 18.8. The first kappa shape index (κ1) is 28.1. The van der Waals surface area contributed by atoms with Crippen LogP contribution in [0.1, 0.15) is 50.3 Å². The minimum Gasteiger partial charge on any atom is -0.379 e. The average Bonchev–Trinajstić information content (AvgIpc) is 3.42. The lowest BCUT2D eigenvalue weighted by Crippen LogP contribution is -2.36. The molecule has 3 aromatic rings. The van der Waals surface area contributed by atoms with Gasteiger partial charge in [0, 0.05) is 49.2 Å². The van der Waals surface area contributed by atoms with E-state index in [-0.39, 0.29) is 11.7 Å². The second kappa shape index (κ2) is 13.3. The number of halogens is 1. The number of hydrogen-bond donors (Lipinski definition) is 3. The van der Waals surface area contributed by atoms with E-state index < -0.39 is 17.6 Å². The Labute approximate surface area is 227 Å². The summed E-state index contributed by atoms with van der Waals surface area (Å²) >= 11 is 0. The normalized spacial score (nSPS) is 15.7. The van der Waals surface area contributed by atoms with Crippen LogP contribution in [0.25, 0.3) is 11.1 Å². The van der Waals surface area contributed by atoms with Crippen LogP contribution in [-0.2, 0) is 14.3 Å². The number of anilines is 2. The van der Waals surface area contributed by atoms with Crippen molar-refractivity contribution in [2.24, 2.45) is 0 Å². The van der Waals surface area contributed by atoms with E-state index in [0.717, 1.165) is 30.8 Å². The largest absolute Gasteiger partial charge is 0.379 e. The van der Waals surface area contributed by atoms with Gasteiger partial charge in [-0.2, -0.15) is 5.10 Å². The van der Waals surface area contributed by atoms with Gasteiger partial charge < -0.3 is 15.4 Å². The standard InChI is InChI=1S/C29H35FN6O3/c1-4-19(2)25-17-26(35-34-25)32-29(38)20(3)21-7-5-8-22(15-21)23-16-24(30)28(31-18-23)33-27(37)9-6-10-36-11-13-39-14-12-36/h5-9,15-20H,4,10-14H2,1-3H3,(H,31,33,37)(H2,32,34,35,38)/b9-6+. The van der Waals surface area contributed by atoms with Gasteiger partial charge in [-0.25, -0.2) is 9.37 Å². The van der Waals surface area contributed by atoms with Crippen LogP contribution in [0.15, 0.2) is 54.7 Å². The fraction of sp³-hybridized carbons (Fsp3) is 0.379. The topological polar surface area (TPSA) is 112 Å². The number of nitrogens with zero attached hydrogens (tertiary/aromatic N) is 3. The van der Waals surface area contributed by atoms with Crippen LogP contribution < -0.4 is 10.6 Å². The monoisotopic (exact) mass is 534 g/mol. The molecule has 1 aliphatic rings. The zero-order valence-electron chi connectivity index (χ0n) is 22.5. The van der Waals surface area contributed by atoms with Crippen LogP contribution in [0.2, 0.25) is 0 Å². The number of hydrogen-bond acceptors (Lipinski definition) is 6. The number of H-pyrrole nitrogens is 1. The molecule has 0 aliphatic carbocycles. The van der Waals surface area contributed by atoms with Crippen molar-refractivity contribution in [3.05, 3.63) is 71.8 Å². The molecule has 4 rings (SSSR count). The summed E-state index contributed by atoms with van der Waals surface area (Å²) in [6.45, 7) is 9.61. The first-order valence-electron chi connectivity index (χ1n) is 13.2. The van der Waals surface area contributed by atoms with E-state index in [1.54, 1.807) is 13.0 Å². The predicted octanol–water partition coefficient (Wildman–Crippen LogP) is 4.69. The van der Waals surface area contributed by atoms with E-state index in [9.17, 15) is 14.0 Å². The summed E-state index contributed by atoms with van der Waals surface area (Å²) in [4.78, 5) is 31.4. The molecule has 9 nitrogen and oxygen atoms in total. The van der Waals surface area contributed by atoms with Gasteiger partial charge in [0.2, 0.25) is 11.8 Å². The summed E-state index contributed by atoms with van der Waals surface area (Å²) in [5, 5.41) is 12.5. The van der Waals surface area contributed by atoms with Crippen molar-refractivity contribution in [2.75, 3.05) is 43.5 Å². The van der Waals surface area contributed by atoms with Crippen molar-refractivity contribution >= 4 is 23.5 Å². The predicted molar refractivity (Wildman–Crippen MR) is 149 cm³/mol. The molecule has 2 amide bonds. The molecule has 0 saturated carbocycles. The quantitative estimate of drug-likeness (QED) is 0.325. The Kier molecular flexibility index (Phi) is 9.56. The smallest absolute Gasteiger partial charge is 0.249 e. The van der Waals surface area contributed by atoms with Crippen molar-refractivity contribution in [3.8, 4) is 11.1 Å². The van der Waals surface area contributed by atoms with Crippen molar-refractivity contribution in [3.63, 3.8) is 0 Å². The third-order valence-corrected chi connectivity index (χ3v) is 6.92. The second-order valence-electron chi connectivity index (χ2n) is 9.71. The molecule has 2 aromatic heterocycles. The highest BCUT2D eigenvalue weighted by atomic mass is 19.1. The summed E-state index contributed by atoms with van der Waals surface area (Å²) < 4.78 is 20.1. The fourth-order valence-corrected chi connectivity index (χ4v) is 4.19. The maximum Gasteiger partial charge on any atom is 0.249 e. The van der Waals surface area contributed by atoms with Crippen LogP contribution in [0.3, 0.4) is 0 Å². The zero-order valence-corrected chi connectivity index (χ0v) is 22.5. The molecule has 2 unspecified atom stereocenters. The van der Waals surface area contributed by atoms with Gasteiger partial charge in [0.25, 0.3) is 0 Å². The Balaban J connectivity index is 1.37. The highest BCUT2D eigenvalue weighted by Gasteiger charge is 2.18. The molecule has 39 heavy (non-hydrogen) atoms. The van der Waals surface area contributed by atoms with E-state index in [4.69, 9.17) is 4.74 Å². The van der Waals surface area contributed by atoms with Gasteiger partial charge in [-0.15, -0.1) is 0 Å². The molecule has 0 bridgehead atoms. The fourth-order valence-electron chi connectivity index (χ4n) is 4.19. The molecule has 206 valence electrons. The molecule has 1 fully saturated rings. The van der Waals surface area contributed by atoms with Crippen LogP contribution in [0.4, 0.5) is 16.0 Å². The molecule has 10 heteroatoms. The third kappa shape index (κ3) is 7.58. The lowest BCUT2D eigenvalue weighted by atomic mass is 9.96. The molecule has 1 saturated heterocycles. The number of carbonyl (C=O) groups excluding carboxylic acids is 2. The molecule has 1 aliphatic heterocycles. The van der Waals surface area contributed by atoms with Crippen molar-refractivity contribution < 1.29 is 18.7 Å². The molecular weight excluding hydrogens is 499 g/mol. The van der Waals surface area contributed by atoms with Crippen molar-refractivity contribution in [1.29, 1.82) is 0 Å². The van der Waals surface area contributed by atoms with Gasteiger partial charge in [0.1, 0.15) is 0 Å². The summed E-state index contributed by atoms with van der Waals surface area (Å²) in [7, 11) is 0. The lowest BCUT2D eigenvalue weighted by Gasteiger charge is -2.24. The number of pyridine rings is 1. The van der Waals surface area contributed by atoms with E-state index in [2.05, 4.69) is 44.6 Å². The summed E-state index contributed by atoms with van der Waals surface area (Å²) in [6, 6.07) is 10.5. The summed E-state index contributed by atoms with van der Waals surface area (Å²) in [5.41, 5.74) is 2.99. The van der Waals surface area contributed by atoms with E-state index >= 15 is 0 Å². The van der Waals surface area contributed by atoms with Crippen molar-refractivity contribution in [1.82, 2.24) is 20.1 Å². The minimum absolute atomic E-state index is 0.139. The van der Waals surface area contributed by atoms with Gasteiger partial charge in [0.15, 0.2) is 17.5 Å². The van der Waals surface area contributed by atoms with E-state index in [1.165, 1.54) is 18.3 Å². The number of morpholine rings is 1. The SMILES string of the molecule is CCC(C)c1cc(NC(=O)C(C)c2cccc(-c3cnc(NC(=O)/C=C/CN4CCOCC4)c(F)c3)c2)n[nH]1. The highest BCUT2D eigenvalue weighted by Crippen LogP contribution is 2.27. The molecule has 0 radical (unpaired) electrons. The maximum absolute atomic E-state index is 14.8. The molecule has 3 heterocycles. The van der Waals surface area contributed by atoms with Crippen LogP contribution in [0.5, 0.6) is 0 Å². The van der Waals surface area contributed by atoms with Gasteiger partial charge in [0.05, 0.1) is 19.1 Å². The number of aromatic nitrogens is 3. The number of rotatable bonds is 10. The molecule has 0 spiro atoms. The number of carbonyl (C=O) groups is 2. The molecular formula is C29H35FN6O3. The first-order valence-corrected chi connectivity index (χ1v) is 13.2. The number of aromatic amines is 1. The minimum atomic E-state index is -0.644. The molecule has 1 aromatic carbocycles. The van der Waals surface area contributed by atoms with Gasteiger partial charge in [-0.1, -0.05) is 44.2 Å². The third-order valence-electron chi connectivity index (χ3n) is 6.92.